The molecule has 128 valence electrons. The smallest absolute Gasteiger partial charge is 0.260 e. The van der Waals surface area contributed by atoms with Gasteiger partial charge in [-0.2, -0.15) is 0 Å². The van der Waals surface area contributed by atoms with Crippen molar-refractivity contribution >= 4 is 5.91 Å². The first-order valence-electron chi connectivity index (χ1n) is 8.53. The third-order valence-electron chi connectivity index (χ3n) is 4.22. The summed E-state index contributed by atoms with van der Waals surface area (Å²) >= 11 is 0. The highest BCUT2D eigenvalue weighted by Crippen LogP contribution is 2.17. The number of aryl methyl sites for hydroxylation is 4. The number of carbonyl (C=O) groups is 1. The molecule has 0 radical (unpaired) electrons. The van der Waals surface area contributed by atoms with Crippen LogP contribution in [-0.2, 0) is 11.2 Å². The van der Waals surface area contributed by atoms with Gasteiger partial charge >= 0.3 is 0 Å². The maximum Gasteiger partial charge on any atom is 0.260 e. The van der Waals surface area contributed by atoms with Crippen molar-refractivity contribution in [2.75, 3.05) is 6.54 Å². The molecule has 2 aromatic rings. The molecule has 0 heterocycles. The number of rotatable bonds is 7. The summed E-state index contributed by atoms with van der Waals surface area (Å²) in [7, 11) is 0. The second kappa shape index (κ2) is 8.53. The molecular formula is C21H27NO2. The summed E-state index contributed by atoms with van der Waals surface area (Å²) in [6, 6.07) is 14.4. The van der Waals surface area contributed by atoms with Crippen molar-refractivity contribution in [3.05, 3.63) is 64.7 Å². The monoisotopic (exact) mass is 325 g/mol. The fraction of sp³-hybridized carbons (Fsp3) is 0.381. The molecule has 0 spiro atoms. The van der Waals surface area contributed by atoms with Crippen LogP contribution in [0.15, 0.2) is 42.5 Å². The zero-order chi connectivity index (χ0) is 17.5. The predicted octanol–water partition coefficient (Wildman–Crippen LogP) is 4.13. The Balaban J connectivity index is 1.73. The lowest BCUT2D eigenvalue weighted by Crippen LogP contribution is -2.36. The predicted molar refractivity (Wildman–Crippen MR) is 98.5 cm³/mol. The van der Waals surface area contributed by atoms with Crippen molar-refractivity contribution in [2.45, 2.75) is 46.6 Å². The van der Waals surface area contributed by atoms with Crippen LogP contribution < -0.4 is 10.1 Å². The number of benzene rings is 2. The topological polar surface area (TPSA) is 38.3 Å². The average Bonchev–Trinajstić information content (AvgIpc) is 2.56. The number of ether oxygens (including phenoxy) is 1. The Labute approximate surface area is 145 Å². The van der Waals surface area contributed by atoms with Crippen LogP contribution in [-0.4, -0.2) is 18.6 Å². The first kappa shape index (κ1) is 18.1. The van der Waals surface area contributed by atoms with Crippen molar-refractivity contribution < 1.29 is 9.53 Å². The van der Waals surface area contributed by atoms with E-state index in [1.54, 1.807) is 6.92 Å². The minimum atomic E-state index is -0.494. The average molecular weight is 325 g/mol. The van der Waals surface area contributed by atoms with Gasteiger partial charge < -0.3 is 10.1 Å². The zero-order valence-electron chi connectivity index (χ0n) is 15.1. The van der Waals surface area contributed by atoms with E-state index in [9.17, 15) is 4.79 Å². The van der Waals surface area contributed by atoms with Crippen LogP contribution >= 0.6 is 0 Å². The molecule has 24 heavy (non-hydrogen) atoms. The number of nitrogens with one attached hydrogen (secondary N) is 1. The molecule has 0 bridgehead atoms. The number of carbonyl (C=O) groups excluding carboxylic acids is 1. The highest BCUT2D eigenvalue weighted by atomic mass is 16.5. The minimum Gasteiger partial charge on any atom is -0.481 e. The summed E-state index contributed by atoms with van der Waals surface area (Å²) < 4.78 is 5.73. The van der Waals surface area contributed by atoms with Gasteiger partial charge in [0.2, 0.25) is 0 Å². The van der Waals surface area contributed by atoms with E-state index in [1.807, 2.05) is 25.1 Å². The molecule has 0 aliphatic carbocycles. The van der Waals surface area contributed by atoms with Crippen LogP contribution in [0.4, 0.5) is 0 Å². The van der Waals surface area contributed by atoms with Crippen LogP contribution in [0.25, 0.3) is 0 Å². The van der Waals surface area contributed by atoms with E-state index in [4.69, 9.17) is 4.74 Å². The van der Waals surface area contributed by atoms with Crippen LogP contribution in [0, 0.1) is 20.8 Å². The van der Waals surface area contributed by atoms with Gasteiger partial charge in [0, 0.05) is 6.54 Å². The quantitative estimate of drug-likeness (QED) is 0.777. The fourth-order valence-electron chi connectivity index (χ4n) is 2.45. The van der Waals surface area contributed by atoms with E-state index >= 15 is 0 Å². The molecule has 0 saturated carbocycles. The van der Waals surface area contributed by atoms with E-state index in [0.717, 1.165) is 18.6 Å². The van der Waals surface area contributed by atoms with Crippen LogP contribution in [0.2, 0.25) is 0 Å². The molecule has 0 aliphatic heterocycles. The number of amides is 1. The van der Waals surface area contributed by atoms with Crippen molar-refractivity contribution in [3.63, 3.8) is 0 Å². The molecule has 1 amide bonds. The molecule has 0 aliphatic rings. The second-order valence-electron chi connectivity index (χ2n) is 6.39. The van der Waals surface area contributed by atoms with Gasteiger partial charge in [-0.25, -0.2) is 0 Å². The van der Waals surface area contributed by atoms with Gasteiger partial charge in [0.25, 0.3) is 5.91 Å². The third kappa shape index (κ3) is 5.41. The molecule has 2 aromatic carbocycles. The molecule has 0 saturated heterocycles. The maximum absolute atomic E-state index is 12.1. The number of hydrogen-bond donors (Lipinski definition) is 1. The molecule has 0 fully saturated rings. The summed E-state index contributed by atoms with van der Waals surface area (Å²) in [6.07, 6.45) is 1.39. The van der Waals surface area contributed by atoms with Crippen molar-refractivity contribution in [2.24, 2.45) is 0 Å². The molecule has 0 aromatic heterocycles. The lowest BCUT2D eigenvalue weighted by molar-refractivity contribution is -0.127. The van der Waals surface area contributed by atoms with Gasteiger partial charge in [-0.05, 0) is 69.4 Å². The molecule has 3 heteroatoms. The van der Waals surface area contributed by atoms with Gasteiger partial charge in [0.1, 0.15) is 5.75 Å². The Kier molecular flexibility index (Phi) is 6.42. The Hall–Kier alpha value is -2.29. The number of hydrogen-bond acceptors (Lipinski definition) is 2. The summed E-state index contributed by atoms with van der Waals surface area (Å²) in [6.45, 7) is 8.63. The highest BCUT2D eigenvalue weighted by Gasteiger charge is 2.14. The van der Waals surface area contributed by atoms with Crippen LogP contribution in [0.1, 0.15) is 35.6 Å². The van der Waals surface area contributed by atoms with E-state index in [-0.39, 0.29) is 5.91 Å². The molecule has 1 N–H and O–H groups in total. The molecule has 0 unspecified atom stereocenters. The first-order valence-corrected chi connectivity index (χ1v) is 8.53. The van der Waals surface area contributed by atoms with Crippen molar-refractivity contribution in [1.29, 1.82) is 0 Å². The van der Waals surface area contributed by atoms with Gasteiger partial charge in [0.15, 0.2) is 6.10 Å². The lowest BCUT2D eigenvalue weighted by Gasteiger charge is -2.15. The van der Waals surface area contributed by atoms with Crippen molar-refractivity contribution in [1.82, 2.24) is 5.32 Å². The van der Waals surface area contributed by atoms with E-state index < -0.39 is 6.10 Å². The van der Waals surface area contributed by atoms with Crippen molar-refractivity contribution in [3.8, 4) is 5.75 Å². The third-order valence-corrected chi connectivity index (χ3v) is 4.22. The molecular weight excluding hydrogens is 298 g/mol. The largest absolute Gasteiger partial charge is 0.481 e. The van der Waals surface area contributed by atoms with E-state index in [1.165, 1.54) is 22.3 Å². The van der Waals surface area contributed by atoms with Gasteiger partial charge in [-0.3, -0.25) is 4.79 Å². The standard InChI is InChI=1S/C21H27NO2/c1-15-7-10-19(11-8-15)6-5-13-22-21(23)18(4)24-20-12-9-16(2)17(3)14-20/h7-12,14,18H,5-6,13H2,1-4H3,(H,22,23)/t18-/m1/s1. The normalized spacial score (nSPS) is 11.8. The van der Waals surface area contributed by atoms with Crippen LogP contribution in [0.5, 0.6) is 5.75 Å². The Morgan fingerprint density at radius 1 is 1.04 bits per heavy atom. The minimum absolute atomic E-state index is 0.0721. The van der Waals surface area contributed by atoms with Gasteiger partial charge in [-0.1, -0.05) is 35.9 Å². The Morgan fingerprint density at radius 3 is 2.42 bits per heavy atom. The summed E-state index contributed by atoms with van der Waals surface area (Å²) in [4.78, 5) is 12.1. The molecule has 1 atom stereocenters. The fourth-order valence-corrected chi connectivity index (χ4v) is 2.45. The summed E-state index contributed by atoms with van der Waals surface area (Å²) in [5.74, 6) is 0.664. The van der Waals surface area contributed by atoms with Crippen LogP contribution in [0.3, 0.4) is 0 Å². The van der Waals surface area contributed by atoms with E-state index in [0.29, 0.717) is 6.54 Å². The Morgan fingerprint density at radius 2 is 1.75 bits per heavy atom. The first-order chi connectivity index (χ1) is 11.5. The lowest BCUT2D eigenvalue weighted by atomic mass is 10.1. The van der Waals surface area contributed by atoms with Gasteiger partial charge in [0.05, 0.1) is 0 Å². The van der Waals surface area contributed by atoms with Gasteiger partial charge in [-0.15, -0.1) is 0 Å². The molecule has 2 rings (SSSR count). The highest BCUT2D eigenvalue weighted by molar-refractivity contribution is 5.80. The summed E-state index contributed by atoms with van der Waals surface area (Å²) in [5.41, 5.74) is 4.95. The molecule has 3 nitrogen and oxygen atoms in total. The zero-order valence-corrected chi connectivity index (χ0v) is 15.1. The SMILES string of the molecule is Cc1ccc(CCCNC(=O)[C@@H](C)Oc2ccc(C)c(C)c2)cc1. The summed E-state index contributed by atoms with van der Waals surface area (Å²) in [5, 5.41) is 2.95. The van der Waals surface area contributed by atoms with E-state index in [2.05, 4.69) is 43.4 Å². The maximum atomic E-state index is 12.1. The Bertz CT molecular complexity index is 677. The second-order valence-corrected chi connectivity index (χ2v) is 6.39.